The van der Waals surface area contributed by atoms with Gasteiger partial charge in [0.25, 0.3) is 0 Å². The first-order valence-corrected chi connectivity index (χ1v) is 10.1. The lowest BCUT2D eigenvalue weighted by Crippen LogP contribution is -2.14. The van der Waals surface area contributed by atoms with Crippen LogP contribution in [0, 0.1) is 9.39 Å². The first kappa shape index (κ1) is 18.0. The van der Waals surface area contributed by atoms with Crippen LogP contribution in [-0.2, 0) is 10.0 Å². The summed E-state index contributed by atoms with van der Waals surface area (Å²) in [4.78, 5) is 10.3. The van der Waals surface area contributed by atoms with Crippen LogP contribution < -0.4 is 15.3 Å². The van der Waals surface area contributed by atoms with Crippen molar-refractivity contribution in [3.8, 4) is 10.6 Å². The van der Waals surface area contributed by atoms with Gasteiger partial charge >= 0.3 is 4.87 Å². The van der Waals surface area contributed by atoms with Gasteiger partial charge in [0.1, 0.15) is 10.7 Å². The molecule has 3 rings (SSSR count). The van der Waals surface area contributed by atoms with Crippen LogP contribution in [0.3, 0.4) is 0 Å². The third-order valence-electron chi connectivity index (χ3n) is 3.17. The van der Waals surface area contributed by atoms with E-state index in [-0.39, 0.29) is 16.3 Å². The molecule has 130 valence electrons. The van der Waals surface area contributed by atoms with Crippen molar-refractivity contribution in [2.75, 3.05) is 5.32 Å². The van der Waals surface area contributed by atoms with Gasteiger partial charge in [-0.2, -0.15) is 5.10 Å². The maximum Gasteiger partial charge on any atom is 0.322 e. The van der Waals surface area contributed by atoms with E-state index in [2.05, 4.69) is 38.1 Å². The number of aromatic nitrogens is 2. The topological polar surface area (TPSA) is 118 Å². The van der Waals surface area contributed by atoms with Crippen molar-refractivity contribution in [2.24, 2.45) is 5.14 Å². The number of sulfonamides is 1. The summed E-state index contributed by atoms with van der Waals surface area (Å²) in [5, 5.41) is 14.3. The number of H-pyrrole nitrogens is 1. The standard InChI is InChI=1S/C14H10FIN4O3S2/c15-10-6-11(18-8-3-1-7(16)2-4-8)9(5-12(10)25(17,22)23)13-19-20-14(21)24-13/h1-6,18H,(H,20,21)(H2,17,22,23). The molecular weight excluding hydrogens is 482 g/mol. The average molecular weight is 492 g/mol. The molecule has 0 atom stereocenters. The van der Waals surface area contributed by atoms with Gasteiger partial charge < -0.3 is 5.32 Å². The van der Waals surface area contributed by atoms with E-state index in [1.165, 1.54) is 0 Å². The lowest BCUT2D eigenvalue weighted by atomic mass is 10.1. The highest BCUT2D eigenvalue weighted by Crippen LogP contribution is 2.34. The Hall–Kier alpha value is -1.83. The predicted molar refractivity (Wildman–Crippen MR) is 102 cm³/mol. The molecule has 7 nitrogen and oxygen atoms in total. The van der Waals surface area contributed by atoms with Crippen LogP contribution in [0.15, 0.2) is 46.1 Å². The second-order valence-corrected chi connectivity index (χ2v) is 8.66. The van der Waals surface area contributed by atoms with Gasteiger partial charge in [0.05, 0.1) is 5.69 Å². The van der Waals surface area contributed by atoms with Crippen LogP contribution in [0.1, 0.15) is 0 Å². The van der Waals surface area contributed by atoms with Gasteiger partial charge in [-0.05, 0) is 59.0 Å². The molecule has 3 aromatic rings. The van der Waals surface area contributed by atoms with Gasteiger partial charge in [-0.1, -0.05) is 11.3 Å². The fourth-order valence-electron chi connectivity index (χ4n) is 2.09. The number of anilines is 2. The highest BCUT2D eigenvalue weighted by atomic mass is 127. The van der Waals surface area contributed by atoms with E-state index in [1.54, 1.807) is 12.1 Å². The van der Waals surface area contributed by atoms with Crippen molar-refractivity contribution < 1.29 is 12.8 Å². The third kappa shape index (κ3) is 4.05. The van der Waals surface area contributed by atoms with Crippen molar-refractivity contribution in [2.45, 2.75) is 4.90 Å². The molecule has 25 heavy (non-hydrogen) atoms. The molecule has 0 saturated carbocycles. The van der Waals surface area contributed by atoms with Crippen LogP contribution in [-0.4, -0.2) is 18.6 Å². The number of primary sulfonamides is 1. The largest absolute Gasteiger partial charge is 0.355 e. The molecule has 0 amide bonds. The monoisotopic (exact) mass is 492 g/mol. The van der Waals surface area contributed by atoms with Gasteiger partial charge in [0, 0.05) is 14.8 Å². The second kappa shape index (κ2) is 6.82. The maximum atomic E-state index is 14.2. The lowest BCUT2D eigenvalue weighted by Gasteiger charge is -2.13. The Morgan fingerprint density at radius 1 is 1.24 bits per heavy atom. The minimum atomic E-state index is -4.27. The molecule has 0 bridgehead atoms. The molecule has 0 aliphatic heterocycles. The van der Waals surface area contributed by atoms with Gasteiger partial charge in [-0.25, -0.2) is 23.0 Å². The molecule has 1 heterocycles. The molecule has 0 fully saturated rings. The summed E-state index contributed by atoms with van der Waals surface area (Å²) in [6.45, 7) is 0. The molecule has 0 radical (unpaired) electrons. The normalized spacial score (nSPS) is 11.5. The minimum absolute atomic E-state index is 0.211. The Bertz CT molecular complexity index is 1090. The van der Waals surface area contributed by atoms with Crippen LogP contribution in [0.5, 0.6) is 0 Å². The molecule has 2 aromatic carbocycles. The summed E-state index contributed by atoms with van der Waals surface area (Å²) in [6.07, 6.45) is 0. The molecule has 0 aliphatic carbocycles. The number of rotatable bonds is 4. The van der Waals surface area contributed by atoms with Crippen molar-refractivity contribution >= 4 is 55.3 Å². The Kier molecular flexibility index (Phi) is 4.90. The van der Waals surface area contributed by atoms with Crippen molar-refractivity contribution in [3.63, 3.8) is 0 Å². The van der Waals surface area contributed by atoms with E-state index in [9.17, 15) is 17.6 Å². The number of aromatic amines is 1. The van der Waals surface area contributed by atoms with Crippen LogP contribution >= 0.6 is 33.9 Å². The lowest BCUT2D eigenvalue weighted by molar-refractivity contribution is 0.568. The molecule has 0 saturated heterocycles. The van der Waals surface area contributed by atoms with Crippen LogP contribution in [0.2, 0.25) is 0 Å². The Morgan fingerprint density at radius 3 is 2.48 bits per heavy atom. The average Bonchev–Trinajstić information content (AvgIpc) is 2.95. The number of benzene rings is 2. The summed E-state index contributed by atoms with van der Waals surface area (Å²) in [7, 11) is -4.27. The zero-order valence-electron chi connectivity index (χ0n) is 12.3. The molecular formula is C14H10FIN4O3S2. The van der Waals surface area contributed by atoms with Gasteiger partial charge in [-0.15, -0.1) is 0 Å². The van der Waals surface area contributed by atoms with E-state index in [0.29, 0.717) is 5.69 Å². The first-order valence-electron chi connectivity index (χ1n) is 6.69. The Balaban J connectivity index is 2.17. The Labute approximate surface area is 159 Å². The minimum Gasteiger partial charge on any atom is -0.355 e. The molecule has 0 spiro atoms. The number of hydrogen-bond donors (Lipinski definition) is 3. The zero-order chi connectivity index (χ0) is 18.2. The van der Waals surface area contributed by atoms with E-state index in [0.717, 1.165) is 27.0 Å². The molecule has 11 heteroatoms. The molecule has 1 aromatic heterocycles. The molecule has 0 aliphatic rings. The molecule has 0 unspecified atom stereocenters. The van der Waals surface area contributed by atoms with Crippen molar-refractivity contribution in [3.05, 3.63) is 55.5 Å². The summed E-state index contributed by atoms with van der Waals surface area (Å²) in [5.74, 6) is -0.998. The summed E-state index contributed by atoms with van der Waals surface area (Å²) in [5.41, 5.74) is 1.16. The third-order valence-corrected chi connectivity index (χ3v) is 5.60. The number of nitrogens with one attached hydrogen (secondary N) is 2. The zero-order valence-corrected chi connectivity index (χ0v) is 16.1. The smallest absolute Gasteiger partial charge is 0.322 e. The van der Waals surface area contributed by atoms with Crippen molar-refractivity contribution in [1.29, 1.82) is 0 Å². The molecule has 4 N–H and O–H groups in total. The van der Waals surface area contributed by atoms with E-state index in [1.807, 2.05) is 12.1 Å². The van der Waals surface area contributed by atoms with Crippen LogP contribution in [0.25, 0.3) is 10.6 Å². The van der Waals surface area contributed by atoms with E-state index in [4.69, 9.17) is 5.14 Å². The first-order chi connectivity index (χ1) is 11.7. The summed E-state index contributed by atoms with van der Waals surface area (Å²) < 4.78 is 38.4. The fourth-order valence-corrected chi connectivity index (χ4v) is 3.70. The van der Waals surface area contributed by atoms with E-state index >= 15 is 0 Å². The second-order valence-electron chi connectivity index (χ2n) is 4.92. The van der Waals surface area contributed by atoms with Gasteiger partial charge in [0.15, 0.2) is 5.01 Å². The number of hydrogen-bond acceptors (Lipinski definition) is 6. The quantitative estimate of drug-likeness (QED) is 0.484. The summed E-state index contributed by atoms with van der Waals surface area (Å²) in [6, 6.07) is 9.34. The number of nitrogens with two attached hydrogens (primary N) is 1. The fraction of sp³-hybridized carbons (Fsp3) is 0. The highest BCUT2D eigenvalue weighted by Gasteiger charge is 2.20. The number of nitrogens with zero attached hydrogens (tertiary/aromatic N) is 1. The summed E-state index contributed by atoms with van der Waals surface area (Å²) >= 11 is 2.92. The SMILES string of the molecule is NS(=O)(=O)c1cc(-c2n[nH]c(=O)s2)c(Nc2ccc(I)cc2)cc1F. The maximum absolute atomic E-state index is 14.2. The van der Waals surface area contributed by atoms with Gasteiger partial charge in [-0.3, -0.25) is 4.79 Å². The van der Waals surface area contributed by atoms with E-state index < -0.39 is 25.6 Å². The number of halogens is 2. The van der Waals surface area contributed by atoms with Crippen molar-refractivity contribution in [1.82, 2.24) is 10.2 Å². The Morgan fingerprint density at radius 2 is 1.92 bits per heavy atom. The predicted octanol–water partition coefficient (Wildman–Crippen LogP) is 2.63. The highest BCUT2D eigenvalue weighted by molar-refractivity contribution is 14.1. The van der Waals surface area contributed by atoms with Gasteiger partial charge in [0.2, 0.25) is 10.0 Å². The van der Waals surface area contributed by atoms with Crippen LogP contribution in [0.4, 0.5) is 15.8 Å².